The average molecular weight is 294 g/mol. The molecule has 0 amide bonds. The molecule has 0 aliphatic rings. The van der Waals surface area contributed by atoms with Crippen LogP contribution in [0, 0.1) is 13.8 Å². The van der Waals surface area contributed by atoms with Gasteiger partial charge >= 0.3 is 6.36 Å². The van der Waals surface area contributed by atoms with E-state index in [-0.39, 0.29) is 5.56 Å². The molecule has 0 unspecified atom stereocenters. The molecule has 0 bridgehead atoms. The van der Waals surface area contributed by atoms with E-state index in [1.807, 2.05) is 26.0 Å². The summed E-state index contributed by atoms with van der Waals surface area (Å²) < 4.78 is 40.9. The van der Waals surface area contributed by atoms with Gasteiger partial charge in [0, 0.05) is 5.56 Å². The second-order valence-electron chi connectivity index (χ2n) is 4.76. The predicted molar refractivity (Wildman–Crippen MR) is 73.4 cm³/mol. The first kappa shape index (κ1) is 15.1. The number of rotatable bonds is 3. The minimum Gasteiger partial charge on any atom is -0.406 e. The monoisotopic (exact) mass is 294 g/mol. The average Bonchev–Trinajstić information content (AvgIpc) is 2.39. The molecular weight excluding hydrogens is 281 g/mol. The van der Waals surface area contributed by atoms with Crippen LogP contribution in [0.5, 0.6) is 5.75 Å². The Balaban J connectivity index is 2.49. The summed E-state index contributed by atoms with van der Waals surface area (Å²) in [7, 11) is 0. The van der Waals surface area contributed by atoms with E-state index >= 15 is 0 Å². The van der Waals surface area contributed by atoms with Crippen molar-refractivity contribution in [2.24, 2.45) is 0 Å². The van der Waals surface area contributed by atoms with Crippen LogP contribution in [0.4, 0.5) is 13.2 Å². The number of aryl methyl sites for hydroxylation is 2. The number of aldehydes is 1. The van der Waals surface area contributed by atoms with Gasteiger partial charge in [0.1, 0.15) is 12.0 Å². The molecule has 0 aromatic heterocycles. The van der Waals surface area contributed by atoms with Gasteiger partial charge in [-0.2, -0.15) is 0 Å². The van der Waals surface area contributed by atoms with Crippen LogP contribution in [0.25, 0.3) is 11.1 Å². The maximum Gasteiger partial charge on any atom is 0.573 e. The summed E-state index contributed by atoms with van der Waals surface area (Å²) in [5, 5.41) is 0. The molecule has 0 aliphatic carbocycles. The van der Waals surface area contributed by atoms with E-state index in [1.165, 1.54) is 12.1 Å². The van der Waals surface area contributed by atoms with Crippen molar-refractivity contribution < 1.29 is 22.7 Å². The zero-order valence-corrected chi connectivity index (χ0v) is 11.5. The second kappa shape index (κ2) is 5.60. The summed E-state index contributed by atoms with van der Waals surface area (Å²) in [4.78, 5) is 10.9. The van der Waals surface area contributed by atoms with E-state index in [1.54, 1.807) is 6.07 Å². The zero-order chi connectivity index (χ0) is 15.6. The summed E-state index contributed by atoms with van der Waals surface area (Å²) in [5.41, 5.74) is 3.46. The number of benzene rings is 2. The fraction of sp³-hybridized carbons (Fsp3) is 0.188. The summed E-state index contributed by atoms with van der Waals surface area (Å²) >= 11 is 0. The van der Waals surface area contributed by atoms with E-state index < -0.39 is 12.1 Å². The second-order valence-corrected chi connectivity index (χ2v) is 4.76. The van der Waals surface area contributed by atoms with Crippen LogP contribution in [0.15, 0.2) is 36.4 Å². The normalized spacial score (nSPS) is 11.3. The lowest BCUT2D eigenvalue weighted by Gasteiger charge is -2.12. The Hall–Kier alpha value is -2.30. The van der Waals surface area contributed by atoms with Crippen molar-refractivity contribution in [2.75, 3.05) is 0 Å². The van der Waals surface area contributed by atoms with Crippen molar-refractivity contribution in [1.82, 2.24) is 0 Å². The number of carbonyl (C=O) groups is 1. The minimum atomic E-state index is -4.79. The first-order valence-corrected chi connectivity index (χ1v) is 6.22. The number of halogens is 3. The van der Waals surface area contributed by atoms with Gasteiger partial charge in [0.15, 0.2) is 0 Å². The van der Waals surface area contributed by atoms with Crippen molar-refractivity contribution in [2.45, 2.75) is 20.2 Å². The third-order valence-electron chi connectivity index (χ3n) is 3.14. The van der Waals surface area contributed by atoms with Gasteiger partial charge in [-0.3, -0.25) is 4.79 Å². The fourth-order valence-electron chi connectivity index (χ4n) is 1.97. The molecule has 0 N–H and O–H groups in total. The third kappa shape index (κ3) is 3.84. The summed E-state index contributed by atoms with van der Waals surface area (Å²) in [6.07, 6.45) is -4.30. The van der Waals surface area contributed by atoms with Crippen molar-refractivity contribution in [3.63, 3.8) is 0 Å². The number of carbonyl (C=O) groups excluding carboxylic acids is 1. The van der Waals surface area contributed by atoms with Crippen molar-refractivity contribution in [3.8, 4) is 16.9 Å². The van der Waals surface area contributed by atoms with Gasteiger partial charge in [0.25, 0.3) is 0 Å². The molecule has 21 heavy (non-hydrogen) atoms. The molecule has 0 saturated heterocycles. The van der Waals surface area contributed by atoms with Crippen molar-refractivity contribution in [1.29, 1.82) is 0 Å². The van der Waals surface area contributed by atoms with Crippen LogP contribution in [0.2, 0.25) is 0 Å². The van der Waals surface area contributed by atoms with Crippen molar-refractivity contribution >= 4 is 6.29 Å². The number of alkyl halides is 3. The van der Waals surface area contributed by atoms with E-state index in [2.05, 4.69) is 4.74 Å². The highest BCUT2D eigenvalue weighted by Gasteiger charge is 2.31. The quantitative estimate of drug-likeness (QED) is 0.768. The molecule has 0 fully saturated rings. The van der Waals surface area contributed by atoms with Crippen LogP contribution in [-0.2, 0) is 0 Å². The Morgan fingerprint density at radius 1 is 0.952 bits per heavy atom. The highest BCUT2D eigenvalue weighted by molar-refractivity contribution is 5.80. The first-order chi connectivity index (χ1) is 9.78. The molecule has 0 heterocycles. The molecule has 5 heteroatoms. The summed E-state index contributed by atoms with van der Waals surface area (Å²) in [6, 6.07) is 9.39. The Morgan fingerprint density at radius 3 is 2.24 bits per heavy atom. The largest absolute Gasteiger partial charge is 0.573 e. The van der Waals surface area contributed by atoms with Crippen molar-refractivity contribution in [3.05, 3.63) is 53.1 Å². The maximum absolute atomic E-state index is 12.3. The SMILES string of the molecule is Cc1ccc(-c2cc(C=O)cc(OC(F)(F)F)c2)cc1C. The van der Waals surface area contributed by atoms with Gasteiger partial charge in [-0.05, 0) is 54.3 Å². The Bertz CT molecular complexity index is 676. The summed E-state index contributed by atoms with van der Waals surface area (Å²) in [6.45, 7) is 3.86. The van der Waals surface area contributed by atoms with Gasteiger partial charge in [-0.25, -0.2) is 0 Å². The Labute approximate surface area is 120 Å². The number of hydrogen-bond acceptors (Lipinski definition) is 2. The Morgan fingerprint density at radius 2 is 1.67 bits per heavy atom. The third-order valence-corrected chi connectivity index (χ3v) is 3.14. The fourth-order valence-corrected chi connectivity index (χ4v) is 1.97. The lowest BCUT2D eigenvalue weighted by atomic mass is 9.99. The van der Waals surface area contributed by atoms with Crippen LogP contribution in [0.3, 0.4) is 0 Å². The molecule has 2 nitrogen and oxygen atoms in total. The van der Waals surface area contributed by atoms with E-state index in [9.17, 15) is 18.0 Å². The topological polar surface area (TPSA) is 26.3 Å². The van der Waals surface area contributed by atoms with E-state index in [4.69, 9.17) is 0 Å². The van der Waals surface area contributed by atoms with Gasteiger partial charge in [0.05, 0.1) is 0 Å². The zero-order valence-electron chi connectivity index (χ0n) is 11.5. The van der Waals surface area contributed by atoms with Crippen LogP contribution in [-0.4, -0.2) is 12.6 Å². The molecule has 0 atom stereocenters. The van der Waals surface area contributed by atoms with Gasteiger partial charge < -0.3 is 4.74 Å². The molecule has 110 valence electrons. The maximum atomic E-state index is 12.3. The molecule has 2 rings (SSSR count). The lowest BCUT2D eigenvalue weighted by Crippen LogP contribution is -2.17. The first-order valence-electron chi connectivity index (χ1n) is 6.22. The van der Waals surface area contributed by atoms with Crippen LogP contribution >= 0.6 is 0 Å². The van der Waals surface area contributed by atoms with Crippen LogP contribution < -0.4 is 4.74 Å². The molecule has 0 radical (unpaired) electrons. The van der Waals surface area contributed by atoms with E-state index in [0.717, 1.165) is 22.8 Å². The Kier molecular flexibility index (Phi) is 4.02. The summed E-state index contributed by atoms with van der Waals surface area (Å²) in [5.74, 6) is -0.402. The molecule has 0 saturated carbocycles. The standard InChI is InChI=1S/C16H13F3O2/c1-10-3-4-13(5-11(10)2)14-6-12(9-20)7-15(8-14)21-16(17,18)19/h3-9H,1-2H3. The molecule has 2 aromatic rings. The smallest absolute Gasteiger partial charge is 0.406 e. The highest BCUT2D eigenvalue weighted by Crippen LogP contribution is 2.30. The predicted octanol–water partition coefficient (Wildman–Crippen LogP) is 4.68. The molecular formula is C16H13F3O2. The van der Waals surface area contributed by atoms with Gasteiger partial charge in [-0.1, -0.05) is 18.2 Å². The van der Waals surface area contributed by atoms with Gasteiger partial charge in [-0.15, -0.1) is 13.2 Å². The molecule has 0 aliphatic heterocycles. The van der Waals surface area contributed by atoms with Crippen LogP contribution in [0.1, 0.15) is 21.5 Å². The highest BCUT2D eigenvalue weighted by atomic mass is 19.4. The molecule has 0 spiro atoms. The lowest BCUT2D eigenvalue weighted by molar-refractivity contribution is -0.274. The van der Waals surface area contributed by atoms with E-state index in [0.29, 0.717) is 11.8 Å². The number of hydrogen-bond donors (Lipinski definition) is 0. The minimum absolute atomic E-state index is 0.130. The molecule has 2 aromatic carbocycles. The number of ether oxygens (including phenoxy) is 1. The van der Waals surface area contributed by atoms with Gasteiger partial charge in [0.2, 0.25) is 0 Å².